The quantitative estimate of drug-likeness (QED) is 0.831. The van der Waals surface area contributed by atoms with Gasteiger partial charge in [-0.1, -0.05) is 13.8 Å². The minimum absolute atomic E-state index is 0.894. The van der Waals surface area contributed by atoms with Crippen LogP contribution in [-0.4, -0.2) is 9.78 Å². The monoisotopic (exact) mass is 263 g/mol. The lowest BCUT2D eigenvalue weighted by molar-refractivity contribution is 0.601. The van der Waals surface area contributed by atoms with E-state index in [1.807, 2.05) is 22.2 Å². The molecule has 0 aromatic carbocycles. The fraction of sp³-hybridized carbons (Fsp3) is 0.500. The van der Waals surface area contributed by atoms with E-state index in [-0.39, 0.29) is 0 Å². The Kier molecular flexibility index (Phi) is 4.96. The Bertz CT molecular complexity index is 473. The third-order valence-electron chi connectivity index (χ3n) is 2.97. The van der Waals surface area contributed by atoms with E-state index in [2.05, 4.69) is 41.9 Å². The molecule has 2 heterocycles. The standard InChI is InChI=1S/C14H21N3S/c1-3-6-17-11-12(9-16-17)8-15-10-14-13(4-2)5-7-18-14/h5,7,9,11,15H,3-4,6,8,10H2,1-2H3. The largest absolute Gasteiger partial charge is 0.308 e. The van der Waals surface area contributed by atoms with Crippen LogP contribution in [0.1, 0.15) is 36.3 Å². The molecular formula is C14H21N3S. The molecule has 0 spiro atoms. The summed E-state index contributed by atoms with van der Waals surface area (Å²) < 4.78 is 2.01. The van der Waals surface area contributed by atoms with Crippen LogP contribution in [0.5, 0.6) is 0 Å². The number of rotatable bonds is 7. The first-order chi connectivity index (χ1) is 8.83. The maximum Gasteiger partial charge on any atom is 0.0534 e. The minimum atomic E-state index is 0.894. The number of nitrogens with one attached hydrogen (secondary N) is 1. The second kappa shape index (κ2) is 6.71. The molecule has 0 saturated heterocycles. The van der Waals surface area contributed by atoms with E-state index in [1.54, 1.807) is 0 Å². The number of nitrogens with zero attached hydrogens (tertiary/aromatic N) is 2. The third-order valence-corrected chi connectivity index (χ3v) is 3.94. The number of hydrogen-bond donors (Lipinski definition) is 1. The van der Waals surface area contributed by atoms with E-state index in [9.17, 15) is 0 Å². The summed E-state index contributed by atoms with van der Waals surface area (Å²) in [5.41, 5.74) is 2.73. The SMILES string of the molecule is CCCn1cc(CNCc2sccc2CC)cn1. The molecule has 0 bridgehead atoms. The van der Waals surface area contributed by atoms with Crippen LogP contribution in [-0.2, 0) is 26.1 Å². The molecule has 0 unspecified atom stereocenters. The molecule has 2 aromatic heterocycles. The smallest absolute Gasteiger partial charge is 0.0534 e. The zero-order valence-corrected chi connectivity index (χ0v) is 12.0. The second-order valence-electron chi connectivity index (χ2n) is 4.44. The highest BCUT2D eigenvalue weighted by Crippen LogP contribution is 2.17. The van der Waals surface area contributed by atoms with Crippen molar-refractivity contribution >= 4 is 11.3 Å². The first kappa shape index (κ1) is 13.3. The van der Waals surface area contributed by atoms with Crippen LogP contribution >= 0.6 is 11.3 Å². The van der Waals surface area contributed by atoms with E-state index in [0.717, 1.165) is 32.5 Å². The molecule has 0 saturated carbocycles. The van der Waals surface area contributed by atoms with Crippen LogP contribution < -0.4 is 5.32 Å². The van der Waals surface area contributed by atoms with E-state index in [1.165, 1.54) is 16.0 Å². The summed E-state index contributed by atoms with van der Waals surface area (Å²) in [5.74, 6) is 0. The first-order valence-electron chi connectivity index (χ1n) is 6.60. The van der Waals surface area contributed by atoms with Crippen LogP contribution in [0.25, 0.3) is 0 Å². The van der Waals surface area contributed by atoms with Crippen molar-refractivity contribution in [3.8, 4) is 0 Å². The van der Waals surface area contributed by atoms with Gasteiger partial charge in [0, 0.05) is 36.3 Å². The number of thiophene rings is 1. The molecule has 0 fully saturated rings. The topological polar surface area (TPSA) is 29.9 Å². The highest BCUT2D eigenvalue weighted by molar-refractivity contribution is 7.10. The Morgan fingerprint density at radius 3 is 3.00 bits per heavy atom. The molecule has 98 valence electrons. The van der Waals surface area contributed by atoms with E-state index < -0.39 is 0 Å². The summed E-state index contributed by atoms with van der Waals surface area (Å²) in [6.45, 7) is 7.23. The van der Waals surface area contributed by atoms with Crippen LogP contribution in [0.15, 0.2) is 23.8 Å². The molecule has 2 rings (SSSR count). The fourth-order valence-corrected chi connectivity index (χ4v) is 2.95. The molecule has 0 aliphatic carbocycles. The molecule has 0 aliphatic heterocycles. The van der Waals surface area contributed by atoms with Gasteiger partial charge in [0.25, 0.3) is 0 Å². The van der Waals surface area contributed by atoms with Gasteiger partial charge in [-0.25, -0.2) is 0 Å². The lowest BCUT2D eigenvalue weighted by Gasteiger charge is -2.03. The van der Waals surface area contributed by atoms with Gasteiger partial charge in [-0.3, -0.25) is 4.68 Å². The van der Waals surface area contributed by atoms with Gasteiger partial charge in [0.2, 0.25) is 0 Å². The molecule has 0 radical (unpaired) electrons. The van der Waals surface area contributed by atoms with E-state index in [4.69, 9.17) is 0 Å². The summed E-state index contributed by atoms with van der Waals surface area (Å²) in [7, 11) is 0. The predicted molar refractivity (Wildman–Crippen MR) is 76.8 cm³/mol. The average Bonchev–Trinajstić information content (AvgIpc) is 2.99. The highest BCUT2D eigenvalue weighted by Gasteiger charge is 2.02. The van der Waals surface area contributed by atoms with Gasteiger partial charge < -0.3 is 5.32 Å². The Hall–Kier alpha value is -1.13. The molecule has 4 heteroatoms. The normalized spacial score (nSPS) is 11.0. The van der Waals surface area contributed by atoms with Crippen molar-refractivity contribution in [2.75, 3.05) is 0 Å². The Morgan fingerprint density at radius 1 is 1.33 bits per heavy atom. The number of hydrogen-bond acceptors (Lipinski definition) is 3. The van der Waals surface area contributed by atoms with Crippen LogP contribution in [0, 0.1) is 0 Å². The molecule has 18 heavy (non-hydrogen) atoms. The summed E-state index contributed by atoms with van der Waals surface area (Å²) in [6.07, 6.45) is 6.34. The summed E-state index contributed by atoms with van der Waals surface area (Å²) in [6, 6.07) is 2.22. The Balaban J connectivity index is 1.81. The van der Waals surface area contributed by atoms with Gasteiger partial charge in [0.1, 0.15) is 0 Å². The molecular weight excluding hydrogens is 242 g/mol. The van der Waals surface area contributed by atoms with Gasteiger partial charge in [-0.05, 0) is 29.9 Å². The van der Waals surface area contributed by atoms with E-state index >= 15 is 0 Å². The Morgan fingerprint density at radius 2 is 2.22 bits per heavy atom. The molecule has 2 aromatic rings. The third kappa shape index (κ3) is 3.43. The number of aryl methyl sites for hydroxylation is 2. The van der Waals surface area contributed by atoms with Crippen molar-refractivity contribution in [1.82, 2.24) is 15.1 Å². The highest BCUT2D eigenvalue weighted by atomic mass is 32.1. The van der Waals surface area contributed by atoms with Crippen LogP contribution in [0.3, 0.4) is 0 Å². The zero-order chi connectivity index (χ0) is 12.8. The Labute approximate surface area is 113 Å². The zero-order valence-electron chi connectivity index (χ0n) is 11.1. The van der Waals surface area contributed by atoms with Crippen molar-refractivity contribution in [2.45, 2.75) is 46.3 Å². The van der Waals surface area contributed by atoms with Gasteiger partial charge in [-0.15, -0.1) is 11.3 Å². The van der Waals surface area contributed by atoms with Crippen molar-refractivity contribution in [3.05, 3.63) is 39.8 Å². The average molecular weight is 263 g/mol. The molecule has 0 aliphatic rings. The van der Waals surface area contributed by atoms with Crippen LogP contribution in [0.2, 0.25) is 0 Å². The van der Waals surface area contributed by atoms with Crippen molar-refractivity contribution in [3.63, 3.8) is 0 Å². The lowest BCUT2D eigenvalue weighted by atomic mass is 10.2. The summed E-state index contributed by atoms with van der Waals surface area (Å²) in [5, 5.41) is 10.0. The van der Waals surface area contributed by atoms with Gasteiger partial charge in [-0.2, -0.15) is 5.10 Å². The van der Waals surface area contributed by atoms with E-state index in [0.29, 0.717) is 0 Å². The molecule has 1 N–H and O–H groups in total. The fourth-order valence-electron chi connectivity index (χ4n) is 2.01. The minimum Gasteiger partial charge on any atom is -0.308 e. The maximum absolute atomic E-state index is 4.33. The van der Waals surface area contributed by atoms with Gasteiger partial charge in [0.15, 0.2) is 0 Å². The summed E-state index contributed by atoms with van der Waals surface area (Å²) in [4.78, 5) is 1.46. The molecule has 0 atom stereocenters. The first-order valence-corrected chi connectivity index (χ1v) is 7.48. The lowest BCUT2D eigenvalue weighted by Crippen LogP contribution is -2.12. The summed E-state index contributed by atoms with van der Waals surface area (Å²) >= 11 is 1.84. The van der Waals surface area contributed by atoms with Crippen molar-refractivity contribution in [2.24, 2.45) is 0 Å². The van der Waals surface area contributed by atoms with Gasteiger partial charge >= 0.3 is 0 Å². The van der Waals surface area contributed by atoms with Crippen LogP contribution in [0.4, 0.5) is 0 Å². The predicted octanol–water partition coefficient (Wildman–Crippen LogP) is 3.21. The van der Waals surface area contributed by atoms with Crippen molar-refractivity contribution < 1.29 is 0 Å². The number of aromatic nitrogens is 2. The van der Waals surface area contributed by atoms with Gasteiger partial charge in [0.05, 0.1) is 6.20 Å². The molecule has 0 amide bonds. The second-order valence-corrected chi connectivity index (χ2v) is 5.44. The molecule has 3 nitrogen and oxygen atoms in total. The van der Waals surface area contributed by atoms with Crippen molar-refractivity contribution in [1.29, 1.82) is 0 Å². The maximum atomic E-state index is 4.33.